The first-order valence-corrected chi connectivity index (χ1v) is 4.94. The van der Waals surface area contributed by atoms with Gasteiger partial charge in [-0.1, -0.05) is 13.8 Å². The van der Waals surface area contributed by atoms with Crippen LogP contribution in [0.3, 0.4) is 0 Å². The summed E-state index contributed by atoms with van der Waals surface area (Å²) in [6, 6.07) is 0.125. The van der Waals surface area contributed by atoms with Gasteiger partial charge in [0.05, 0.1) is 6.61 Å². The molecule has 0 aromatic rings. The summed E-state index contributed by atoms with van der Waals surface area (Å²) in [6.07, 6.45) is -4.24. The van der Waals surface area contributed by atoms with Crippen LogP contribution >= 0.6 is 0 Å². The Morgan fingerprint density at radius 2 is 1.93 bits per heavy atom. The van der Waals surface area contributed by atoms with Crippen molar-refractivity contribution in [2.45, 2.75) is 26.1 Å². The Bertz CT molecular complexity index is 162. The molecule has 0 amide bonds. The summed E-state index contributed by atoms with van der Waals surface area (Å²) in [5.74, 6) is 0.359. The number of alkyl halides is 3. The van der Waals surface area contributed by atoms with E-state index in [-0.39, 0.29) is 12.6 Å². The third-order valence-electron chi connectivity index (χ3n) is 1.98. The fourth-order valence-corrected chi connectivity index (χ4v) is 1.10. The second-order valence-electron chi connectivity index (χ2n) is 3.71. The molecule has 1 unspecified atom stereocenters. The fraction of sp³-hybridized carbons (Fsp3) is 1.00. The van der Waals surface area contributed by atoms with E-state index in [9.17, 15) is 13.2 Å². The molecular weight excluding hydrogens is 209 g/mol. The van der Waals surface area contributed by atoms with Crippen molar-refractivity contribution in [3.05, 3.63) is 0 Å². The zero-order valence-corrected chi connectivity index (χ0v) is 9.10. The van der Waals surface area contributed by atoms with Gasteiger partial charge in [-0.2, -0.15) is 13.2 Å². The van der Waals surface area contributed by atoms with Gasteiger partial charge in [0, 0.05) is 19.1 Å². The van der Waals surface area contributed by atoms with E-state index in [1.807, 2.05) is 13.8 Å². The van der Waals surface area contributed by atoms with Gasteiger partial charge in [-0.05, 0) is 5.92 Å². The summed E-state index contributed by atoms with van der Waals surface area (Å²) >= 11 is 0. The van der Waals surface area contributed by atoms with Crippen LogP contribution in [0.4, 0.5) is 13.2 Å². The molecule has 0 saturated heterocycles. The zero-order chi connectivity index (χ0) is 11.9. The molecule has 0 aliphatic heterocycles. The van der Waals surface area contributed by atoms with Crippen molar-refractivity contribution in [1.29, 1.82) is 0 Å². The minimum Gasteiger partial charge on any atom is -0.371 e. The first kappa shape index (κ1) is 14.7. The van der Waals surface area contributed by atoms with Crippen LogP contribution in [0.15, 0.2) is 0 Å². The molecule has 0 aliphatic carbocycles. The molecule has 0 bridgehead atoms. The summed E-state index contributed by atoms with van der Waals surface area (Å²) < 4.78 is 39.5. The maximum absolute atomic E-state index is 11.7. The van der Waals surface area contributed by atoms with E-state index in [1.54, 1.807) is 0 Å². The first-order chi connectivity index (χ1) is 6.87. The first-order valence-electron chi connectivity index (χ1n) is 4.94. The van der Waals surface area contributed by atoms with Crippen LogP contribution in [0.25, 0.3) is 0 Å². The van der Waals surface area contributed by atoms with Crippen molar-refractivity contribution in [2.24, 2.45) is 11.7 Å². The van der Waals surface area contributed by atoms with E-state index in [1.165, 1.54) is 0 Å². The number of nitrogens with two attached hydrogens (primary N) is 1. The van der Waals surface area contributed by atoms with E-state index in [4.69, 9.17) is 5.73 Å². The molecule has 1 atom stereocenters. The normalized spacial score (nSPS) is 14.6. The fourth-order valence-electron chi connectivity index (χ4n) is 1.10. The Kier molecular flexibility index (Phi) is 6.87. The largest absolute Gasteiger partial charge is 0.411 e. The molecule has 0 spiro atoms. The SMILES string of the molecule is CC(C)C(CN)NCCOCC(F)(F)F. The summed E-state index contributed by atoms with van der Waals surface area (Å²) in [6.45, 7) is 3.71. The highest BCUT2D eigenvalue weighted by Crippen LogP contribution is 2.13. The molecule has 0 aromatic heterocycles. The molecular formula is C9H19F3N2O. The third-order valence-corrected chi connectivity index (χ3v) is 1.98. The molecule has 3 nitrogen and oxygen atoms in total. The molecule has 0 aromatic carbocycles. The van der Waals surface area contributed by atoms with E-state index in [0.717, 1.165) is 0 Å². The molecule has 0 aliphatic rings. The molecule has 0 saturated carbocycles. The van der Waals surface area contributed by atoms with Crippen LogP contribution in [0.5, 0.6) is 0 Å². The maximum Gasteiger partial charge on any atom is 0.411 e. The smallest absolute Gasteiger partial charge is 0.371 e. The summed E-state index contributed by atoms with van der Waals surface area (Å²) in [5, 5.41) is 3.04. The van der Waals surface area contributed by atoms with Gasteiger partial charge < -0.3 is 15.8 Å². The monoisotopic (exact) mass is 228 g/mol. The van der Waals surface area contributed by atoms with Gasteiger partial charge in [0.25, 0.3) is 0 Å². The molecule has 0 heterocycles. The summed E-state index contributed by atoms with van der Waals surface area (Å²) in [7, 11) is 0. The van der Waals surface area contributed by atoms with Gasteiger partial charge in [-0.15, -0.1) is 0 Å². The van der Waals surface area contributed by atoms with Crippen molar-refractivity contribution in [3.8, 4) is 0 Å². The molecule has 0 radical (unpaired) electrons. The lowest BCUT2D eigenvalue weighted by Crippen LogP contribution is -2.41. The number of nitrogens with one attached hydrogen (secondary N) is 1. The molecule has 0 rings (SSSR count). The second kappa shape index (κ2) is 7.03. The molecule has 6 heteroatoms. The highest BCUT2D eigenvalue weighted by atomic mass is 19.4. The number of halogens is 3. The molecule has 0 fully saturated rings. The lowest BCUT2D eigenvalue weighted by molar-refractivity contribution is -0.173. The van der Waals surface area contributed by atoms with Gasteiger partial charge in [-0.25, -0.2) is 0 Å². The van der Waals surface area contributed by atoms with Crippen LogP contribution in [-0.2, 0) is 4.74 Å². The van der Waals surface area contributed by atoms with Crippen LogP contribution < -0.4 is 11.1 Å². The van der Waals surface area contributed by atoms with Crippen LogP contribution in [0.1, 0.15) is 13.8 Å². The van der Waals surface area contributed by atoms with Crippen LogP contribution in [-0.4, -0.2) is 38.5 Å². The van der Waals surface area contributed by atoms with Crippen molar-refractivity contribution < 1.29 is 17.9 Å². The predicted octanol–water partition coefficient (Wildman–Crippen LogP) is 1.14. The topological polar surface area (TPSA) is 47.3 Å². The van der Waals surface area contributed by atoms with Crippen molar-refractivity contribution in [2.75, 3.05) is 26.3 Å². The van der Waals surface area contributed by atoms with Crippen LogP contribution in [0, 0.1) is 5.92 Å². The van der Waals surface area contributed by atoms with E-state index < -0.39 is 12.8 Å². The maximum atomic E-state index is 11.7. The quantitative estimate of drug-likeness (QED) is 0.642. The molecule has 92 valence electrons. The Morgan fingerprint density at radius 3 is 2.33 bits per heavy atom. The van der Waals surface area contributed by atoms with E-state index in [2.05, 4.69) is 10.1 Å². The number of rotatable bonds is 7. The summed E-state index contributed by atoms with van der Waals surface area (Å²) in [4.78, 5) is 0. The van der Waals surface area contributed by atoms with Gasteiger partial charge in [-0.3, -0.25) is 0 Å². The van der Waals surface area contributed by atoms with Crippen molar-refractivity contribution >= 4 is 0 Å². The standard InChI is InChI=1S/C9H19F3N2O/c1-7(2)8(5-13)14-3-4-15-6-9(10,11)12/h7-8,14H,3-6,13H2,1-2H3. The van der Waals surface area contributed by atoms with Gasteiger partial charge in [0.1, 0.15) is 6.61 Å². The van der Waals surface area contributed by atoms with Gasteiger partial charge in [0.2, 0.25) is 0 Å². The lowest BCUT2D eigenvalue weighted by Gasteiger charge is -2.20. The van der Waals surface area contributed by atoms with Crippen molar-refractivity contribution in [3.63, 3.8) is 0 Å². The molecule has 15 heavy (non-hydrogen) atoms. The van der Waals surface area contributed by atoms with Gasteiger partial charge in [0.15, 0.2) is 0 Å². The minimum absolute atomic E-state index is 0.0444. The number of ether oxygens (including phenoxy) is 1. The highest BCUT2D eigenvalue weighted by Gasteiger charge is 2.27. The Labute approximate surface area is 88.2 Å². The number of hydrogen-bond donors (Lipinski definition) is 2. The Balaban J connectivity index is 3.45. The average Bonchev–Trinajstić information content (AvgIpc) is 2.08. The van der Waals surface area contributed by atoms with Gasteiger partial charge >= 0.3 is 6.18 Å². The number of hydrogen-bond acceptors (Lipinski definition) is 3. The van der Waals surface area contributed by atoms with Crippen LogP contribution in [0.2, 0.25) is 0 Å². The highest BCUT2D eigenvalue weighted by molar-refractivity contribution is 4.70. The predicted molar refractivity (Wildman–Crippen MR) is 52.6 cm³/mol. The van der Waals surface area contributed by atoms with Crippen molar-refractivity contribution in [1.82, 2.24) is 5.32 Å². The average molecular weight is 228 g/mol. The summed E-state index contributed by atoms with van der Waals surface area (Å²) in [5.41, 5.74) is 5.47. The minimum atomic E-state index is -4.24. The Hall–Kier alpha value is -0.330. The third kappa shape index (κ3) is 8.65. The Morgan fingerprint density at radius 1 is 1.33 bits per heavy atom. The van der Waals surface area contributed by atoms with E-state index in [0.29, 0.717) is 19.0 Å². The molecule has 3 N–H and O–H groups in total. The second-order valence-corrected chi connectivity index (χ2v) is 3.71. The lowest BCUT2D eigenvalue weighted by atomic mass is 10.1. The van der Waals surface area contributed by atoms with E-state index >= 15 is 0 Å². The zero-order valence-electron chi connectivity index (χ0n) is 9.10.